The minimum absolute atomic E-state index is 0.0207. The molecule has 2 aliphatic heterocycles. The van der Waals surface area contributed by atoms with E-state index in [0.29, 0.717) is 36.5 Å². The fraction of sp³-hybridized carbons (Fsp3) is 0.348. The summed E-state index contributed by atoms with van der Waals surface area (Å²) < 4.78 is 5.36. The van der Waals surface area contributed by atoms with Crippen molar-refractivity contribution in [2.45, 2.75) is 39.3 Å². The Hall–Kier alpha value is -3.35. The summed E-state index contributed by atoms with van der Waals surface area (Å²) in [4.78, 5) is 39.3. The van der Waals surface area contributed by atoms with Gasteiger partial charge in [0.05, 0.1) is 5.69 Å². The van der Waals surface area contributed by atoms with Gasteiger partial charge in [-0.15, -0.1) is 0 Å². The summed E-state index contributed by atoms with van der Waals surface area (Å²) in [6, 6.07) is 12.4. The second-order valence-corrected chi connectivity index (χ2v) is 8.15. The summed E-state index contributed by atoms with van der Waals surface area (Å²) in [5.74, 6) is 0.270. The molecule has 0 radical (unpaired) electrons. The van der Waals surface area contributed by atoms with Gasteiger partial charge in [0.2, 0.25) is 11.8 Å². The molecule has 0 spiro atoms. The van der Waals surface area contributed by atoms with Crippen molar-refractivity contribution < 1.29 is 19.1 Å². The average molecular weight is 407 g/mol. The van der Waals surface area contributed by atoms with Crippen LogP contribution in [0.1, 0.15) is 31.4 Å². The van der Waals surface area contributed by atoms with Crippen LogP contribution in [-0.4, -0.2) is 35.3 Å². The normalized spacial score (nSPS) is 17.5. The molecule has 0 aromatic heterocycles. The molecule has 3 amide bonds. The molecular weight excluding hydrogens is 382 g/mol. The smallest absolute Gasteiger partial charge is 0.262 e. The van der Waals surface area contributed by atoms with Crippen LogP contribution in [0.25, 0.3) is 0 Å². The van der Waals surface area contributed by atoms with Crippen molar-refractivity contribution in [2.75, 3.05) is 17.2 Å². The zero-order valence-corrected chi connectivity index (χ0v) is 17.1. The van der Waals surface area contributed by atoms with Crippen molar-refractivity contribution >= 4 is 29.1 Å². The van der Waals surface area contributed by atoms with Crippen molar-refractivity contribution in [2.24, 2.45) is 5.92 Å². The van der Waals surface area contributed by atoms with Gasteiger partial charge in [0.25, 0.3) is 5.91 Å². The highest BCUT2D eigenvalue weighted by molar-refractivity contribution is 6.00. The monoisotopic (exact) mass is 407 g/mol. The molecule has 1 unspecified atom stereocenters. The average Bonchev–Trinajstić information content (AvgIpc) is 2.72. The molecular formula is C23H25N3O4. The van der Waals surface area contributed by atoms with Crippen LogP contribution < -0.4 is 15.4 Å². The Morgan fingerprint density at radius 3 is 2.73 bits per heavy atom. The first-order valence-electron chi connectivity index (χ1n) is 10.1. The molecule has 1 atom stereocenters. The highest BCUT2D eigenvalue weighted by atomic mass is 16.5. The number of hydrogen-bond donors (Lipinski definition) is 2. The number of ether oxygens (including phenoxy) is 1. The van der Waals surface area contributed by atoms with Crippen molar-refractivity contribution in [3.8, 4) is 5.75 Å². The summed E-state index contributed by atoms with van der Waals surface area (Å²) in [6.07, 6.45) is 0.866. The van der Waals surface area contributed by atoms with Crippen LogP contribution in [0, 0.1) is 5.92 Å². The second kappa shape index (κ2) is 8.18. The van der Waals surface area contributed by atoms with Gasteiger partial charge >= 0.3 is 0 Å². The maximum Gasteiger partial charge on any atom is 0.262 e. The zero-order valence-electron chi connectivity index (χ0n) is 17.1. The summed E-state index contributed by atoms with van der Waals surface area (Å²) >= 11 is 0. The molecule has 7 heteroatoms. The number of carbonyl (C=O) groups is 3. The van der Waals surface area contributed by atoms with E-state index in [1.807, 2.05) is 38.1 Å². The van der Waals surface area contributed by atoms with E-state index in [9.17, 15) is 14.4 Å². The maximum atomic E-state index is 13.2. The molecule has 0 aliphatic carbocycles. The molecule has 2 aliphatic rings. The molecule has 0 fully saturated rings. The van der Waals surface area contributed by atoms with Crippen LogP contribution in [0.15, 0.2) is 42.5 Å². The van der Waals surface area contributed by atoms with Crippen LogP contribution in [0.3, 0.4) is 0 Å². The Morgan fingerprint density at radius 2 is 1.97 bits per heavy atom. The van der Waals surface area contributed by atoms with Gasteiger partial charge < -0.3 is 20.3 Å². The van der Waals surface area contributed by atoms with E-state index in [0.717, 1.165) is 11.1 Å². The SMILES string of the molecule is CC(C)CC(=O)N1Cc2ccccc2CC1C(=O)Nc1ccc2c(c1)NC(=O)CO2. The van der Waals surface area contributed by atoms with Gasteiger partial charge in [0.15, 0.2) is 6.61 Å². The van der Waals surface area contributed by atoms with Gasteiger partial charge in [-0.3, -0.25) is 14.4 Å². The van der Waals surface area contributed by atoms with E-state index in [1.54, 1.807) is 23.1 Å². The number of amides is 3. The Kier molecular flexibility index (Phi) is 5.44. The van der Waals surface area contributed by atoms with Crippen molar-refractivity contribution in [3.63, 3.8) is 0 Å². The van der Waals surface area contributed by atoms with Gasteiger partial charge in [-0.05, 0) is 35.2 Å². The minimum atomic E-state index is -0.590. The van der Waals surface area contributed by atoms with E-state index < -0.39 is 6.04 Å². The molecule has 2 N–H and O–H groups in total. The Labute approximate surface area is 175 Å². The van der Waals surface area contributed by atoms with Crippen LogP contribution >= 0.6 is 0 Å². The predicted octanol–water partition coefficient (Wildman–Crippen LogP) is 2.96. The molecule has 7 nitrogen and oxygen atoms in total. The highest BCUT2D eigenvalue weighted by Gasteiger charge is 2.34. The van der Waals surface area contributed by atoms with Crippen LogP contribution in [0.5, 0.6) is 5.75 Å². The molecule has 4 rings (SSSR count). The standard InChI is InChI=1S/C23H25N3O4/c1-14(2)9-22(28)26-12-16-6-4-3-5-15(16)10-19(26)23(29)24-17-7-8-20-18(11-17)25-21(27)13-30-20/h3-8,11,14,19H,9-10,12-13H2,1-2H3,(H,24,29)(H,25,27). The summed E-state index contributed by atoms with van der Waals surface area (Å²) in [7, 11) is 0. The maximum absolute atomic E-state index is 13.2. The van der Waals surface area contributed by atoms with Gasteiger partial charge in [-0.2, -0.15) is 0 Å². The third-order valence-electron chi connectivity index (χ3n) is 5.33. The lowest BCUT2D eigenvalue weighted by Crippen LogP contribution is -2.50. The quantitative estimate of drug-likeness (QED) is 0.816. The Balaban J connectivity index is 1.56. The number of fused-ring (bicyclic) bond motifs is 2. The van der Waals surface area contributed by atoms with Crippen molar-refractivity contribution in [1.29, 1.82) is 0 Å². The Bertz CT molecular complexity index is 1000. The fourth-order valence-electron chi connectivity index (χ4n) is 3.87. The van der Waals surface area contributed by atoms with E-state index >= 15 is 0 Å². The molecule has 2 aromatic rings. The summed E-state index contributed by atoms with van der Waals surface area (Å²) in [6.45, 7) is 4.39. The van der Waals surface area contributed by atoms with E-state index in [1.165, 1.54) is 0 Å². The number of carbonyl (C=O) groups excluding carboxylic acids is 3. The van der Waals surface area contributed by atoms with Gasteiger partial charge in [0, 0.05) is 25.1 Å². The van der Waals surface area contributed by atoms with Crippen molar-refractivity contribution in [3.05, 3.63) is 53.6 Å². The zero-order chi connectivity index (χ0) is 21.3. The first kappa shape index (κ1) is 19.9. The lowest BCUT2D eigenvalue weighted by atomic mass is 9.92. The van der Waals surface area contributed by atoms with E-state index in [-0.39, 0.29) is 30.2 Å². The molecule has 30 heavy (non-hydrogen) atoms. The van der Waals surface area contributed by atoms with E-state index in [4.69, 9.17) is 4.74 Å². The number of hydrogen-bond acceptors (Lipinski definition) is 4. The predicted molar refractivity (Wildman–Crippen MR) is 113 cm³/mol. The lowest BCUT2D eigenvalue weighted by Gasteiger charge is -2.36. The third-order valence-corrected chi connectivity index (χ3v) is 5.33. The summed E-state index contributed by atoms with van der Waals surface area (Å²) in [5.41, 5.74) is 3.22. The minimum Gasteiger partial charge on any atom is -0.482 e. The van der Waals surface area contributed by atoms with Gasteiger partial charge in [-0.25, -0.2) is 0 Å². The van der Waals surface area contributed by atoms with E-state index in [2.05, 4.69) is 10.6 Å². The summed E-state index contributed by atoms with van der Waals surface area (Å²) in [5, 5.41) is 5.64. The number of nitrogens with one attached hydrogen (secondary N) is 2. The Morgan fingerprint density at radius 1 is 1.20 bits per heavy atom. The molecule has 2 heterocycles. The molecule has 0 bridgehead atoms. The van der Waals surface area contributed by atoms with Crippen LogP contribution in [0.4, 0.5) is 11.4 Å². The molecule has 0 saturated carbocycles. The topological polar surface area (TPSA) is 87.7 Å². The number of rotatable bonds is 4. The number of nitrogens with zero attached hydrogens (tertiary/aromatic N) is 1. The fourth-order valence-corrected chi connectivity index (χ4v) is 3.87. The largest absolute Gasteiger partial charge is 0.482 e. The van der Waals surface area contributed by atoms with Crippen LogP contribution in [-0.2, 0) is 27.3 Å². The molecule has 2 aromatic carbocycles. The third kappa shape index (κ3) is 4.15. The second-order valence-electron chi connectivity index (χ2n) is 8.15. The lowest BCUT2D eigenvalue weighted by molar-refractivity contribution is -0.140. The van der Waals surface area contributed by atoms with Gasteiger partial charge in [-0.1, -0.05) is 38.1 Å². The number of benzene rings is 2. The van der Waals surface area contributed by atoms with Crippen LogP contribution in [0.2, 0.25) is 0 Å². The highest BCUT2D eigenvalue weighted by Crippen LogP contribution is 2.31. The molecule has 0 saturated heterocycles. The van der Waals surface area contributed by atoms with Crippen molar-refractivity contribution in [1.82, 2.24) is 4.90 Å². The molecule has 156 valence electrons. The van der Waals surface area contributed by atoms with Gasteiger partial charge in [0.1, 0.15) is 11.8 Å². The first-order chi connectivity index (χ1) is 14.4. The number of anilines is 2. The first-order valence-corrected chi connectivity index (χ1v) is 10.1.